The van der Waals surface area contributed by atoms with Crippen LogP contribution >= 0.6 is 11.3 Å². The molecular weight excluding hydrogens is 254 g/mol. The van der Waals surface area contributed by atoms with E-state index < -0.39 is 6.10 Å². The minimum Gasteiger partial charge on any atom is -0.388 e. The van der Waals surface area contributed by atoms with Gasteiger partial charge in [-0.25, -0.2) is 4.98 Å². The molecule has 1 aromatic carbocycles. The molecule has 1 saturated carbocycles. The highest BCUT2D eigenvalue weighted by molar-refractivity contribution is 7.09. The Bertz CT molecular complexity index is 559. The topological polar surface area (TPSA) is 33.1 Å². The van der Waals surface area contributed by atoms with E-state index in [1.807, 2.05) is 18.4 Å². The van der Waals surface area contributed by atoms with Gasteiger partial charge in [-0.05, 0) is 36.8 Å². The molecule has 1 aliphatic carbocycles. The second-order valence-electron chi connectivity index (χ2n) is 5.38. The first-order valence-corrected chi connectivity index (χ1v) is 7.79. The van der Waals surface area contributed by atoms with Crippen molar-refractivity contribution < 1.29 is 5.11 Å². The maximum absolute atomic E-state index is 10.3. The van der Waals surface area contributed by atoms with Crippen molar-refractivity contribution in [3.8, 4) is 0 Å². The predicted molar refractivity (Wildman–Crippen MR) is 78.5 cm³/mol. The summed E-state index contributed by atoms with van der Waals surface area (Å²) in [6.45, 7) is 2.00. The third-order valence-corrected chi connectivity index (χ3v) is 4.76. The van der Waals surface area contributed by atoms with Crippen LogP contribution in [-0.2, 0) is 6.42 Å². The fourth-order valence-electron chi connectivity index (χ4n) is 2.58. The Hall–Kier alpha value is -1.19. The Balaban J connectivity index is 1.73. The van der Waals surface area contributed by atoms with Crippen LogP contribution in [0.3, 0.4) is 0 Å². The molecular formula is C16H19NOS. The van der Waals surface area contributed by atoms with Gasteiger partial charge >= 0.3 is 0 Å². The van der Waals surface area contributed by atoms with E-state index in [4.69, 9.17) is 0 Å². The Morgan fingerprint density at radius 1 is 1.42 bits per heavy atom. The molecule has 0 aliphatic heterocycles. The van der Waals surface area contributed by atoms with E-state index in [0.29, 0.717) is 12.3 Å². The van der Waals surface area contributed by atoms with Gasteiger partial charge in [-0.15, -0.1) is 11.3 Å². The minimum absolute atomic E-state index is 0.443. The Labute approximate surface area is 118 Å². The molecule has 0 saturated heterocycles. The van der Waals surface area contributed by atoms with Gasteiger partial charge in [0, 0.05) is 11.8 Å². The number of hydrogen-bond donors (Lipinski definition) is 1. The Kier molecular flexibility index (Phi) is 3.67. The van der Waals surface area contributed by atoms with Crippen LogP contribution in [0.1, 0.15) is 53.1 Å². The van der Waals surface area contributed by atoms with E-state index in [1.165, 1.54) is 24.8 Å². The number of thiazole rings is 1. The maximum atomic E-state index is 10.3. The third-order valence-electron chi connectivity index (χ3n) is 3.94. The van der Waals surface area contributed by atoms with Crippen molar-refractivity contribution in [3.63, 3.8) is 0 Å². The van der Waals surface area contributed by atoms with Gasteiger partial charge in [0.2, 0.25) is 0 Å². The Morgan fingerprint density at radius 3 is 2.89 bits per heavy atom. The molecule has 0 radical (unpaired) electrons. The SMILES string of the molecule is Cc1nc(CC(O)c2cccc(C3CCC3)c2)cs1. The lowest BCUT2D eigenvalue weighted by molar-refractivity contribution is 0.177. The van der Waals surface area contributed by atoms with Crippen LogP contribution < -0.4 is 0 Å². The van der Waals surface area contributed by atoms with Crippen LogP contribution in [0.15, 0.2) is 29.6 Å². The lowest BCUT2D eigenvalue weighted by Gasteiger charge is -2.26. The van der Waals surface area contributed by atoms with E-state index in [-0.39, 0.29) is 0 Å². The molecule has 0 amide bonds. The number of rotatable bonds is 4. The summed E-state index contributed by atoms with van der Waals surface area (Å²) < 4.78 is 0. The molecule has 1 atom stereocenters. The fourth-order valence-corrected chi connectivity index (χ4v) is 3.21. The number of aryl methyl sites for hydroxylation is 1. The molecule has 1 unspecified atom stereocenters. The first-order valence-electron chi connectivity index (χ1n) is 6.91. The Morgan fingerprint density at radius 2 is 2.26 bits per heavy atom. The molecule has 1 heterocycles. The molecule has 1 aliphatic rings. The van der Waals surface area contributed by atoms with Crippen LogP contribution in [-0.4, -0.2) is 10.1 Å². The average Bonchev–Trinajstić information content (AvgIpc) is 2.73. The zero-order chi connectivity index (χ0) is 13.2. The molecule has 3 heteroatoms. The maximum Gasteiger partial charge on any atom is 0.0897 e. The minimum atomic E-state index is -0.443. The van der Waals surface area contributed by atoms with E-state index in [1.54, 1.807) is 11.3 Å². The summed E-state index contributed by atoms with van der Waals surface area (Å²) in [6.07, 6.45) is 4.10. The molecule has 3 rings (SSSR count). The summed E-state index contributed by atoms with van der Waals surface area (Å²) >= 11 is 1.64. The fraction of sp³-hybridized carbons (Fsp3) is 0.438. The van der Waals surface area contributed by atoms with E-state index in [2.05, 4.69) is 23.2 Å². The number of benzene rings is 1. The van der Waals surface area contributed by atoms with Gasteiger partial charge in [0.05, 0.1) is 16.8 Å². The van der Waals surface area contributed by atoms with Crippen molar-refractivity contribution in [2.75, 3.05) is 0 Å². The van der Waals surface area contributed by atoms with Gasteiger partial charge in [0.1, 0.15) is 0 Å². The lowest BCUT2D eigenvalue weighted by Crippen LogP contribution is -2.10. The van der Waals surface area contributed by atoms with Gasteiger partial charge in [-0.1, -0.05) is 30.7 Å². The monoisotopic (exact) mass is 273 g/mol. The van der Waals surface area contributed by atoms with Gasteiger partial charge in [0.15, 0.2) is 0 Å². The predicted octanol–water partition coefficient (Wildman–Crippen LogP) is 4.00. The third kappa shape index (κ3) is 2.88. The van der Waals surface area contributed by atoms with E-state index in [0.717, 1.165) is 16.3 Å². The quantitative estimate of drug-likeness (QED) is 0.913. The summed E-state index contributed by atoms with van der Waals surface area (Å²) in [4.78, 5) is 4.42. The first kappa shape index (κ1) is 12.8. The van der Waals surface area contributed by atoms with Gasteiger partial charge in [0.25, 0.3) is 0 Å². The van der Waals surface area contributed by atoms with Crippen LogP contribution in [0.2, 0.25) is 0 Å². The molecule has 0 spiro atoms. The number of aromatic nitrogens is 1. The zero-order valence-electron chi connectivity index (χ0n) is 11.2. The number of hydrogen-bond acceptors (Lipinski definition) is 3. The smallest absolute Gasteiger partial charge is 0.0897 e. The summed E-state index contributed by atoms with van der Waals surface area (Å²) in [5.41, 5.74) is 3.40. The molecule has 19 heavy (non-hydrogen) atoms. The number of aliphatic hydroxyl groups excluding tert-OH is 1. The van der Waals surface area contributed by atoms with E-state index in [9.17, 15) is 5.11 Å². The van der Waals surface area contributed by atoms with Crippen molar-refractivity contribution in [1.82, 2.24) is 4.98 Å². The van der Waals surface area contributed by atoms with Crippen LogP contribution in [0, 0.1) is 6.92 Å². The molecule has 100 valence electrons. The van der Waals surface area contributed by atoms with Crippen LogP contribution in [0.4, 0.5) is 0 Å². The molecule has 1 aromatic heterocycles. The largest absolute Gasteiger partial charge is 0.388 e. The standard InChI is InChI=1S/C16H19NOS/c1-11-17-15(10-19-11)9-16(18)14-7-3-6-13(8-14)12-4-2-5-12/h3,6-8,10,12,16,18H,2,4-5,9H2,1H3. The second kappa shape index (κ2) is 5.43. The average molecular weight is 273 g/mol. The van der Waals surface area contributed by atoms with Crippen molar-refractivity contribution >= 4 is 11.3 Å². The van der Waals surface area contributed by atoms with Crippen molar-refractivity contribution in [1.29, 1.82) is 0 Å². The molecule has 0 bridgehead atoms. The lowest BCUT2D eigenvalue weighted by atomic mass is 9.79. The number of nitrogens with zero attached hydrogens (tertiary/aromatic N) is 1. The molecule has 1 N–H and O–H groups in total. The summed E-state index contributed by atoms with van der Waals surface area (Å²) in [5, 5.41) is 13.4. The summed E-state index contributed by atoms with van der Waals surface area (Å²) in [7, 11) is 0. The van der Waals surface area contributed by atoms with Crippen LogP contribution in [0.25, 0.3) is 0 Å². The second-order valence-corrected chi connectivity index (χ2v) is 6.44. The highest BCUT2D eigenvalue weighted by Crippen LogP contribution is 2.37. The molecule has 2 nitrogen and oxygen atoms in total. The number of aliphatic hydroxyl groups is 1. The van der Waals surface area contributed by atoms with Gasteiger partial charge in [-0.2, -0.15) is 0 Å². The normalized spacial score (nSPS) is 17.2. The zero-order valence-corrected chi connectivity index (χ0v) is 12.0. The van der Waals surface area contributed by atoms with Crippen molar-refractivity contribution in [3.05, 3.63) is 51.5 Å². The summed E-state index contributed by atoms with van der Waals surface area (Å²) in [6, 6.07) is 8.45. The first-order chi connectivity index (χ1) is 9.22. The molecule has 2 aromatic rings. The highest BCUT2D eigenvalue weighted by Gasteiger charge is 2.20. The van der Waals surface area contributed by atoms with Gasteiger partial charge < -0.3 is 5.11 Å². The summed E-state index contributed by atoms with van der Waals surface area (Å²) in [5.74, 6) is 0.716. The van der Waals surface area contributed by atoms with Crippen molar-refractivity contribution in [2.45, 2.75) is 44.6 Å². The molecule has 1 fully saturated rings. The van der Waals surface area contributed by atoms with Crippen molar-refractivity contribution in [2.24, 2.45) is 0 Å². The van der Waals surface area contributed by atoms with E-state index >= 15 is 0 Å². The van der Waals surface area contributed by atoms with Gasteiger partial charge in [-0.3, -0.25) is 0 Å². The highest BCUT2D eigenvalue weighted by atomic mass is 32.1. The van der Waals surface area contributed by atoms with Crippen LogP contribution in [0.5, 0.6) is 0 Å².